The summed E-state index contributed by atoms with van der Waals surface area (Å²) in [6.45, 7) is 6.07. The smallest absolute Gasteiger partial charge is 0.255 e. The fourth-order valence-corrected chi connectivity index (χ4v) is 1.08. The van der Waals surface area contributed by atoms with Crippen molar-refractivity contribution in [2.45, 2.75) is 13.5 Å². The summed E-state index contributed by atoms with van der Waals surface area (Å²) in [4.78, 5) is 10.8. The van der Waals surface area contributed by atoms with Crippen LogP contribution in [0.4, 0.5) is 0 Å². The lowest BCUT2D eigenvalue weighted by molar-refractivity contribution is 0.659. The average molecular weight is 156 g/mol. The molecule has 0 atom stereocenters. The Morgan fingerprint density at radius 3 is 3.10 bits per heavy atom. The van der Waals surface area contributed by atoms with E-state index < -0.39 is 0 Å². The number of allylic oxidation sites excluding steroid dienone is 1. The van der Waals surface area contributed by atoms with E-state index in [9.17, 15) is 4.79 Å². The second-order valence-corrected chi connectivity index (χ2v) is 2.92. The first-order chi connectivity index (χ1) is 4.70. The number of rotatable bonds is 2. The van der Waals surface area contributed by atoms with Crippen LogP contribution in [0.15, 0.2) is 22.5 Å². The first-order valence-corrected chi connectivity index (χ1v) is 3.73. The van der Waals surface area contributed by atoms with Gasteiger partial charge in [-0.3, -0.25) is 4.79 Å². The Morgan fingerprint density at radius 1 is 2.00 bits per heavy atom. The van der Waals surface area contributed by atoms with Crippen LogP contribution in [0.3, 0.4) is 0 Å². The summed E-state index contributed by atoms with van der Waals surface area (Å²) < 4.78 is 1.40. The minimum absolute atomic E-state index is 0.0250. The number of aromatic nitrogens is 2. The van der Waals surface area contributed by atoms with E-state index >= 15 is 0 Å². The van der Waals surface area contributed by atoms with Gasteiger partial charge >= 0.3 is 4.87 Å². The molecule has 0 aliphatic heterocycles. The highest BCUT2D eigenvalue weighted by Crippen LogP contribution is 1.90. The highest BCUT2D eigenvalue weighted by atomic mass is 32.1. The average Bonchev–Trinajstić information content (AvgIpc) is 2.15. The third-order valence-corrected chi connectivity index (χ3v) is 1.58. The zero-order chi connectivity index (χ0) is 7.56. The Bertz CT molecular complexity index is 286. The standard InChI is InChI=1S/C6H8N2OS/c1-5(2)3-8-6(9)10-4-7-8/h4H,1,3H2,2H3. The number of nitrogens with zero attached hydrogens (tertiary/aromatic N) is 2. The van der Waals surface area contributed by atoms with Crippen LogP contribution in [0.5, 0.6) is 0 Å². The molecule has 54 valence electrons. The Balaban J connectivity index is 2.85. The lowest BCUT2D eigenvalue weighted by Crippen LogP contribution is -2.14. The van der Waals surface area contributed by atoms with Gasteiger partial charge in [0.1, 0.15) is 5.51 Å². The largest absolute Gasteiger partial charge is 0.325 e. The predicted octanol–water partition coefficient (Wildman–Crippen LogP) is 0.881. The fourth-order valence-electron chi connectivity index (χ4n) is 0.595. The van der Waals surface area contributed by atoms with Crippen molar-refractivity contribution in [2.75, 3.05) is 0 Å². The first kappa shape index (κ1) is 7.21. The second-order valence-electron chi connectivity index (χ2n) is 2.12. The van der Waals surface area contributed by atoms with E-state index in [1.165, 1.54) is 10.2 Å². The maximum Gasteiger partial charge on any atom is 0.325 e. The topological polar surface area (TPSA) is 34.9 Å². The lowest BCUT2D eigenvalue weighted by atomic mass is 10.4. The van der Waals surface area contributed by atoms with Gasteiger partial charge in [-0.05, 0) is 6.92 Å². The van der Waals surface area contributed by atoms with Crippen LogP contribution in [0.1, 0.15) is 6.92 Å². The van der Waals surface area contributed by atoms with E-state index in [-0.39, 0.29) is 4.87 Å². The van der Waals surface area contributed by atoms with Crippen molar-refractivity contribution in [3.05, 3.63) is 27.3 Å². The molecule has 0 fully saturated rings. The zero-order valence-corrected chi connectivity index (χ0v) is 6.52. The quantitative estimate of drug-likeness (QED) is 0.596. The van der Waals surface area contributed by atoms with Gasteiger partial charge in [0.2, 0.25) is 0 Å². The third kappa shape index (κ3) is 1.54. The van der Waals surface area contributed by atoms with E-state index in [4.69, 9.17) is 0 Å². The van der Waals surface area contributed by atoms with Crippen LogP contribution >= 0.6 is 11.3 Å². The van der Waals surface area contributed by atoms with Gasteiger partial charge in [-0.15, -0.1) is 0 Å². The Hall–Kier alpha value is -0.900. The van der Waals surface area contributed by atoms with E-state index in [2.05, 4.69) is 11.7 Å². The van der Waals surface area contributed by atoms with Crippen molar-refractivity contribution in [1.29, 1.82) is 0 Å². The molecule has 10 heavy (non-hydrogen) atoms. The summed E-state index contributed by atoms with van der Waals surface area (Å²) in [7, 11) is 0. The molecule has 3 nitrogen and oxygen atoms in total. The van der Waals surface area contributed by atoms with Crippen molar-refractivity contribution in [3.63, 3.8) is 0 Å². The van der Waals surface area contributed by atoms with Gasteiger partial charge < -0.3 is 0 Å². The maximum absolute atomic E-state index is 10.8. The summed E-state index contributed by atoms with van der Waals surface area (Å²) in [6, 6.07) is 0. The Morgan fingerprint density at radius 2 is 2.70 bits per heavy atom. The molecule has 1 aromatic heterocycles. The zero-order valence-electron chi connectivity index (χ0n) is 5.70. The van der Waals surface area contributed by atoms with Crippen molar-refractivity contribution in [1.82, 2.24) is 9.78 Å². The molecule has 0 aliphatic carbocycles. The van der Waals surface area contributed by atoms with Crippen molar-refractivity contribution in [3.8, 4) is 0 Å². The Kier molecular flexibility index (Phi) is 2.01. The van der Waals surface area contributed by atoms with Gasteiger partial charge in [-0.25, -0.2) is 4.68 Å². The summed E-state index contributed by atoms with van der Waals surface area (Å²) in [5, 5.41) is 3.82. The molecular weight excluding hydrogens is 148 g/mol. The second kappa shape index (κ2) is 2.79. The van der Waals surface area contributed by atoms with Crippen LogP contribution < -0.4 is 4.87 Å². The van der Waals surface area contributed by atoms with E-state index in [0.29, 0.717) is 6.54 Å². The van der Waals surface area contributed by atoms with E-state index in [1.807, 2.05) is 6.92 Å². The molecule has 0 bridgehead atoms. The summed E-state index contributed by atoms with van der Waals surface area (Å²) in [6.07, 6.45) is 0. The highest BCUT2D eigenvalue weighted by Gasteiger charge is 1.95. The summed E-state index contributed by atoms with van der Waals surface area (Å²) in [5.74, 6) is 0. The summed E-state index contributed by atoms with van der Waals surface area (Å²) in [5.41, 5.74) is 2.47. The molecule has 0 saturated heterocycles. The van der Waals surface area contributed by atoms with Crippen molar-refractivity contribution in [2.24, 2.45) is 0 Å². The molecule has 4 heteroatoms. The van der Waals surface area contributed by atoms with Crippen LogP contribution in [0, 0.1) is 0 Å². The van der Waals surface area contributed by atoms with Gasteiger partial charge in [-0.1, -0.05) is 23.5 Å². The van der Waals surface area contributed by atoms with Gasteiger partial charge in [0.05, 0.1) is 6.54 Å². The molecule has 1 heterocycles. The number of hydrogen-bond acceptors (Lipinski definition) is 3. The molecule has 0 aromatic carbocycles. The van der Waals surface area contributed by atoms with Crippen LogP contribution in [0.2, 0.25) is 0 Å². The van der Waals surface area contributed by atoms with Gasteiger partial charge in [-0.2, -0.15) is 5.10 Å². The molecule has 0 saturated carbocycles. The van der Waals surface area contributed by atoms with Crippen LogP contribution in [-0.2, 0) is 6.54 Å². The van der Waals surface area contributed by atoms with Crippen LogP contribution in [-0.4, -0.2) is 9.78 Å². The SMILES string of the molecule is C=C(C)Cn1ncsc1=O. The van der Waals surface area contributed by atoms with E-state index in [1.54, 1.807) is 0 Å². The van der Waals surface area contributed by atoms with Gasteiger partial charge in [0.25, 0.3) is 0 Å². The molecule has 0 amide bonds. The first-order valence-electron chi connectivity index (χ1n) is 2.85. The van der Waals surface area contributed by atoms with Gasteiger partial charge in [0, 0.05) is 0 Å². The highest BCUT2D eigenvalue weighted by molar-refractivity contribution is 7.06. The molecular formula is C6H8N2OS. The number of hydrogen-bond donors (Lipinski definition) is 0. The molecule has 0 N–H and O–H groups in total. The fraction of sp³-hybridized carbons (Fsp3) is 0.333. The van der Waals surface area contributed by atoms with Crippen molar-refractivity contribution < 1.29 is 0 Å². The van der Waals surface area contributed by atoms with Crippen molar-refractivity contribution >= 4 is 11.3 Å². The van der Waals surface area contributed by atoms with Gasteiger partial charge in [0.15, 0.2) is 0 Å². The predicted molar refractivity (Wildman–Crippen MR) is 41.2 cm³/mol. The molecule has 0 unspecified atom stereocenters. The molecule has 1 rings (SSSR count). The molecule has 1 aromatic rings. The van der Waals surface area contributed by atoms with E-state index in [0.717, 1.165) is 16.9 Å². The lowest BCUT2D eigenvalue weighted by Gasteiger charge is -1.94. The molecule has 0 spiro atoms. The normalized spacial score (nSPS) is 9.70. The minimum Gasteiger partial charge on any atom is -0.255 e. The molecule has 0 radical (unpaired) electrons. The molecule has 0 aliphatic rings. The minimum atomic E-state index is -0.0250. The maximum atomic E-state index is 10.8. The monoisotopic (exact) mass is 156 g/mol. The third-order valence-electron chi connectivity index (χ3n) is 0.970. The van der Waals surface area contributed by atoms with Crippen LogP contribution in [0.25, 0.3) is 0 Å². The summed E-state index contributed by atoms with van der Waals surface area (Å²) >= 11 is 1.10. The Labute approximate surface area is 62.6 Å².